The molecule has 2 aliphatic heterocycles. The number of nitrogens with two attached hydrogens (primary N) is 1. The van der Waals surface area contributed by atoms with Crippen LogP contribution < -0.4 is 36.5 Å². The first-order valence-electron chi connectivity index (χ1n) is 18.9. The summed E-state index contributed by atoms with van der Waals surface area (Å²) in [5.41, 5.74) is 7.59. The molecule has 2 aliphatic rings. The summed E-state index contributed by atoms with van der Waals surface area (Å²) in [5, 5.41) is 21.8. The number of rotatable bonds is 20. The van der Waals surface area contributed by atoms with Gasteiger partial charge in [-0.25, -0.2) is 0 Å². The molecule has 0 spiro atoms. The molecular weight excluding hydrogens is 815 g/mol. The van der Waals surface area contributed by atoms with Gasteiger partial charge < -0.3 is 40.6 Å². The van der Waals surface area contributed by atoms with Gasteiger partial charge in [-0.15, -0.1) is 0 Å². The van der Waals surface area contributed by atoms with Gasteiger partial charge in [0.05, 0.1) is 60.8 Å². The quantitative estimate of drug-likeness (QED) is 0.0280. The number of nitrogens with zero attached hydrogens (tertiary/aromatic N) is 2. The summed E-state index contributed by atoms with van der Waals surface area (Å²) >= 11 is 1.22. The lowest BCUT2D eigenvalue weighted by molar-refractivity contribution is -0.384. The molecule has 0 radical (unpaired) electrons. The van der Waals surface area contributed by atoms with Gasteiger partial charge in [0.1, 0.15) is 17.5 Å². The van der Waals surface area contributed by atoms with Gasteiger partial charge in [-0.1, -0.05) is 23.9 Å². The van der Waals surface area contributed by atoms with E-state index in [1.807, 2.05) is 0 Å². The van der Waals surface area contributed by atoms with E-state index in [9.17, 15) is 38.9 Å². The Morgan fingerprint density at radius 1 is 0.918 bits per heavy atom. The summed E-state index contributed by atoms with van der Waals surface area (Å²) in [4.78, 5) is 88.8. The number of imide groups is 2. The highest BCUT2D eigenvalue weighted by atomic mass is 32.2. The Balaban J connectivity index is 0.885. The van der Waals surface area contributed by atoms with Gasteiger partial charge in [0.25, 0.3) is 29.3 Å². The molecule has 0 aliphatic carbocycles. The molecule has 1 atom stereocenters. The molecular formula is C41H41N7O12S. The Bertz CT molecular complexity index is 2340. The van der Waals surface area contributed by atoms with Crippen LogP contribution in [-0.4, -0.2) is 105 Å². The zero-order valence-corrected chi connectivity index (χ0v) is 33.5. The average molecular weight is 856 g/mol. The maximum absolute atomic E-state index is 13.6. The van der Waals surface area contributed by atoms with Crippen LogP contribution in [0.1, 0.15) is 43.9 Å². The van der Waals surface area contributed by atoms with E-state index in [0.717, 1.165) is 4.90 Å². The van der Waals surface area contributed by atoms with Crippen LogP contribution in [-0.2, 0) is 23.9 Å². The van der Waals surface area contributed by atoms with Crippen molar-refractivity contribution in [2.75, 3.05) is 69.6 Å². The second-order valence-electron chi connectivity index (χ2n) is 13.4. The molecule has 6 rings (SSSR count). The fourth-order valence-electron chi connectivity index (χ4n) is 6.40. The molecule has 20 heteroatoms. The number of nitro benzene ring substituents is 1. The molecule has 19 nitrogen and oxygen atoms in total. The molecule has 61 heavy (non-hydrogen) atoms. The molecule has 0 aromatic heterocycles. The molecule has 0 bridgehead atoms. The van der Waals surface area contributed by atoms with Crippen molar-refractivity contribution in [3.05, 3.63) is 106 Å². The summed E-state index contributed by atoms with van der Waals surface area (Å²) in [6, 6.07) is 19.3. The fraction of sp³-hybridized carbons (Fsp3) is 0.268. The highest BCUT2D eigenvalue weighted by Crippen LogP contribution is 2.36. The molecule has 1 unspecified atom stereocenters. The number of methoxy groups -OCH3 is 1. The number of nitro groups is 1. The standard InChI is InChI=1S/C41H41N7O12S/c1-57-32-14-10-25(22-30(32)45-39(52)37-28(42)5-3-7-33(37)61-26-11-8-24(9-12-26)48(55)56)60-23-35(50)44-17-19-59-21-20-58-18-16-43-29-6-2-4-27-36(29)41(54)47(40(27)53)31-13-15-34(49)46-38(31)51/h2-12,14,22,31,43H,13,15-21,23,42H2,1H3,(H,44,50)(H,45,52)(H,46,49,51). The monoisotopic (exact) mass is 855 g/mol. The Labute approximate surface area is 352 Å². The maximum atomic E-state index is 13.6. The molecule has 1 saturated heterocycles. The predicted octanol–water partition coefficient (Wildman–Crippen LogP) is 3.63. The number of hydrogen-bond acceptors (Lipinski definition) is 15. The number of carbonyl (C=O) groups is 6. The molecule has 6 N–H and O–H groups in total. The van der Waals surface area contributed by atoms with Crippen molar-refractivity contribution in [1.82, 2.24) is 15.5 Å². The van der Waals surface area contributed by atoms with E-state index in [1.54, 1.807) is 54.6 Å². The van der Waals surface area contributed by atoms with Crippen molar-refractivity contribution in [3.63, 3.8) is 0 Å². The van der Waals surface area contributed by atoms with E-state index in [1.165, 1.54) is 43.1 Å². The number of nitrogens with one attached hydrogen (secondary N) is 4. The lowest BCUT2D eigenvalue weighted by atomic mass is 10.0. The van der Waals surface area contributed by atoms with Crippen LogP contribution in [0.4, 0.5) is 22.7 Å². The van der Waals surface area contributed by atoms with Crippen molar-refractivity contribution in [3.8, 4) is 11.5 Å². The highest BCUT2D eigenvalue weighted by Gasteiger charge is 2.45. The number of fused-ring (bicyclic) bond motifs is 1. The van der Waals surface area contributed by atoms with E-state index in [-0.39, 0.29) is 91.9 Å². The molecule has 6 amide bonds. The summed E-state index contributed by atoms with van der Waals surface area (Å²) in [5.74, 6) is -2.65. The van der Waals surface area contributed by atoms with Gasteiger partial charge >= 0.3 is 0 Å². The fourth-order valence-corrected chi connectivity index (χ4v) is 7.39. The van der Waals surface area contributed by atoms with E-state index >= 15 is 0 Å². The number of piperidine rings is 1. The number of benzene rings is 4. The highest BCUT2D eigenvalue weighted by molar-refractivity contribution is 7.99. The van der Waals surface area contributed by atoms with Crippen molar-refractivity contribution in [1.29, 1.82) is 0 Å². The van der Waals surface area contributed by atoms with Crippen LogP contribution in [0.15, 0.2) is 88.7 Å². The number of carbonyl (C=O) groups excluding carboxylic acids is 6. The van der Waals surface area contributed by atoms with Crippen LogP contribution >= 0.6 is 11.8 Å². The lowest BCUT2D eigenvalue weighted by Crippen LogP contribution is -2.54. The third kappa shape index (κ3) is 10.8. The molecule has 1 fully saturated rings. The first kappa shape index (κ1) is 43.5. The van der Waals surface area contributed by atoms with Crippen LogP contribution in [0.5, 0.6) is 11.5 Å². The summed E-state index contributed by atoms with van der Waals surface area (Å²) in [6.07, 6.45) is 0.0994. The topological polar surface area (TPSA) is 260 Å². The van der Waals surface area contributed by atoms with E-state index < -0.39 is 46.4 Å². The van der Waals surface area contributed by atoms with E-state index in [4.69, 9.17) is 24.7 Å². The summed E-state index contributed by atoms with van der Waals surface area (Å²) in [6.45, 7) is 1.14. The molecule has 318 valence electrons. The third-order valence-electron chi connectivity index (χ3n) is 9.32. The Morgan fingerprint density at radius 2 is 1.66 bits per heavy atom. The normalized spacial score (nSPS) is 14.6. The molecule has 4 aromatic rings. The number of anilines is 3. The Morgan fingerprint density at radius 3 is 2.38 bits per heavy atom. The van der Waals surface area contributed by atoms with Crippen LogP contribution in [0.25, 0.3) is 0 Å². The zero-order valence-electron chi connectivity index (χ0n) is 32.7. The minimum Gasteiger partial charge on any atom is -0.495 e. The number of hydrogen-bond donors (Lipinski definition) is 5. The maximum Gasteiger partial charge on any atom is 0.269 e. The van der Waals surface area contributed by atoms with Crippen molar-refractivity contribution < 1.29 is 52.6 Å². The number of non-ortho nitro benzene ring substituents is 1. The van der Waals surface area contributed by atoms with Crippen molar-refractivity contribution in [2.45, 2.75) is 28.7 Å². The predicted molar refractivity (Wildman–Crippen MR) is 221 cm³/mol. The van der Waals surface area contributed by atoms with E-state index in [2.05, 4.69) is 21.3 Å². The van der Waals surface area contributed by atoms with Gasteiger partial charge in [0.2, 0.25) is 11.8 Å². The van der Waals surface area contributed by atoms with Gasteiger partial charge in [-0.2, -0.15) is 0 Å². The number of nitrogen functional groups attached to an aromatic ring is 1. The molecule has 0 saturated carbocycles. The molecule has 2 heterocycles. The lowest BCUT2D eigenvalue weighted by Gasteiger charge is -2.27. The zero-order chi connectivity index (χ0) is 43.5. The Hall–Kier alpha value is -7.03. The van der Waals surface area contributed by atoms with Crippen LogP contribution in [0, 0.1) is 10.1 Å². The average Bonchev–Trinajstić information content (AvgIpc) is 3.49. The Kier molecular flexibility index (Phi) is 14.5. The first-order valence-corrected chi connectivity index (χ1v) is 19.7. The smallest absolute Gasteiger partial charge is 0.269 e. The largest absolute Gasteiger partial charge is 0.495 e. The van der Waals surface area contributed by atoms with Crippen molar-refractivity contribution >= 4 is 70.0 Å². The van der Waals surface area contributed by atoms with E-state index in [0.29, 0.717) is 27.8 Å². The summed E-state index contributed by atoms with van der Waals surface area (Å²) in [7, 11) is 1.44. The number of amides is 6. The van der Waals surface area contributed by atoms with Gasteiger partial charge in [0, 0.05) is 58.9 Å². The minimum atomic E-state index is -1.05. The molecule has 4 aromatic carbocycles. The van der Waals surface area contributed by atoms with Gasteiger partial charge in [0.15, 0.2) is 6.61 Å². The second kappa shape index (κ2) is 20.3. The van der Waals surface area contributed by atoms with Crippen molar-refractivity contribution in [2.24, 2.45) is 0 Å². The van der Waals surface area contributed by atoms with Crippen LogP contribution in [0.3, 0.4) is 0 Å². The second-order valence-corrected chi connectivity index (χ2v) is 14.5. The summed E-state index contributed by atoms with van der Waals surface area (Å²) < 4.78 is 22.2. The van der Waals surface area contributed by atoms with Crippen LogP contribution in [0.2, 0.25) is 0 Å². The first-order chi connectivity index (χ1) is 29.4. The van der Waals surface area contributed by atoms with Gasteiger partial charge in [-0.05, 0) is 55.0 Å². The van der Waals surface area contributed by atoms with Gasteiger partial charge in [-0.3, -0.25) is 49.1 Å². The SMILES string of the molecule is COc1ccc(OCC(=O)NCCOCCOCCNc2cccc3c2C(=O)N(C2CCC(=O)NC2=O)C3=O)cc1NC(=O)c1c(N)cccc1Sc1ccc([N+](=O)[O-])cc1. The minimum absolute atomic E-state index is 0.0323. The number of ether oxygens (including phenoxy) is 4. The third-order valence-corrected chi connectivity index (χ3v) is 10.4.